The SMILES string of the molecule is CC(C)Oc1ccc(/C=C(/C#N)c2cccc([N+](=O)[O-])c2)cc1Br. The van der Waals surface area contributed by atoms with E-state index in [4.69, 9.17) is 4.74 Å². The minimum atomic E-state index is -0.479. The second kappa shape index (κ2) is 7.75. The minimum absolute atomic E-state index is 0.0458. The van der Waals surface area contributed by atoms with Gasteiger partial charge < -0.3 is 4.74 Å². The van der Waals surface area contributed by atoms with E-state index in [2.05, 4.69) is 22.0 Å². The van der Waals surface area contributed by atoms with Crippen LogP contribution in [0.1, 0.15) is 25.0 Å². The summed E-state index contributed by atoms with van der Waals surface area (Å²) in [6.07, 6.45) is 1.74. The number of benzene rings is 2. The second-order valence-electron chi connectivity index (χ2n) is 5.33. The molecule has 5 nitrogen and oxygen atoms in total. The number of rotatable bonds is 5. The molecule has 0 amide bonds. The summed E-state index contributed by atoms with van der Waals surface area (Å²) in [5.74, 6) is 0.719. The lowest BCUT2D eigenvalue weighted by molar-refractivity contribution is -0.384. The molecule has 0 unspecified atom stereocenters. The lowest BCUT2D eigenvalue weighted by Crippen LogP contribution is -2.05. The molecule has 0 aliphatic rings. The van der Waals surface area contributed by atoms with Crippen LogP contribution in [-0.4, -0.2) is 11.0 Å². The van der Waals surface area contributed by atoms with E-state index in [0.29, 0.717) is 11.1 Å². The number of halogens is 1. The third-order valence-electron chi connectivity index (χ3n) is 3.12. The van der Waals surface area contributed by atoms with Crippen molar-refractivity contribution in [2.45, 2.75) is 20.0 Å². The number of nitro benzene ring substituents is 1. The molecule has 0 N–H and O–H groups in total. The predicted octanol–water partition coefficient (Wildman–Crippen LogP) is 5.21. The zero-order valence-corrected chi connectivity index (χ0v) is 14.8. The van der Waals surface area contributed by atoms with Crippen LogP contribution in [0.15, 0.2) is 46.9 Å². The summed E-state index contributed by atoms with van der Waals surface area (Å²) in [6.45, 7) is 3.88. The highest BCUT2D eigenvalue weighted by Gasteiger charge is 2.10. The molecule has 2 aromatic rings. The molecule has 0 atom stereocenters. The molecule has 0 aliphatic heterocycles. The summed E-state index contributed by atoms with van der Waals surface area (Å²) in [5, 5.41) is 20.3. The fourth-order valence-electron chi connectivity index (χ4n) is 2.09. The predicted molar refractivity (Wildman–Crippen MR) is 96.5 cm³/mol. The third-order valence-corrected chi connectivity index (χ3v) is 3.74. The van der Waals surface area contributed by atoms with E-state index in [9.17, 15) is 15.4 Å². The van der Waals surface area contributed by atoms with Crippen LogP contribution in [0.3, 0.4) is 0 Å². The monoisotopic (exact) mass is 386 g/mol. The number of nitriles is 1. The van der Waals surface area contributed by atoms with Crippen LogP contribution in [0.2, 0.25) is 0 Å². The first-order valence-corrected chi connectivity index (χ1v) is 8.03. The Morgan fingerprint density at radius 3 is 2.67 bits per heavy atom. The van der Waals surface area contributed by atoms with E-state index >= 15 is 0 Å². The van der Waals surface area contributed by atoms with Gasteiger partial charge in [0.1, 0.15) is 5.75 Å². The van der Waals surface area contributed by atoms with Crippen LogP contribution < -0.4 is 4.74 Å². The number of hydrogen-bond donors (Lipinski definition) is 0. The average molecular weight is 387 g/mol. The van der Waals surface area contributed by atoms with Gasteiger partial charge in [0, 0.05) is 12.1 Å². The Kier molecular flexibility index (Phi) is 5.72. The van der Waals surface area contributed by atoms with Gasteiger partial charge in [0.2, 0.25) is 0 Å². The molecule has 0 saturated carbocycles. The van der Waals surface area contributed by atoms with Gasteiger partial charge in [-0.3, -0.25) is 10.1 Å². The zero-order chi connectivity index (χ0) is 17.7. The lowest BCUT2D eigenvalue weighted by Gasteiger charge is -2.11. The largest absolute Gasteiger partial charge is 0.490 e. The topological polar surface area (TPSA) is 76.2 Å². The van der Waals surface area contributed by atoms with Gasteiger partial charge in [0.25, 0.3) is 5.69 Å². The van der Waals surface area contributed by atoms with E-state index < -0.39 is 4.92 Å². The number of nitro groups is 1. The third kappa shape index (κ3) is 4.43. The maximum Gasteiger partial charge on any atom is 0.270 e. The number of nitrogens with zero attached hydrogens (tertiary/aromatic N) is 2. The summed E-state index contributed by atoms with van der Waals surface area (Å²) in [7, 11) is 0. The van der Waals surface area contributed by atoms with Gasteiger partial charge in [-0.1, -0.05) is 18.2 Å². The second-order valence-corrected chi connectivity index (χ2v) is 6.19. The van der Waals surface area contributed by atoms with E-state index in [0.717, 1.165) is 15.8 Å². The van der Waals surface area contributed by atoms with Crippen molar-refractivity contribution < 1.29 is 9.66 Å². The smallest absolute Gasteiger partial charge is 0.270 e. The van der Waals surface area contributed by atoms with Crippen LogP contribution >= 0.6 is 15.9 Å². The normalized spacial score (nSPS) is 11.2. The highest BCUT2D eigenvalue weighted by molar-refractivity contribution is 9.10. The van der Waals surface area contributed by atoms with E-state index in [-0.39, 0.29) is 11.8 Å². The van der Waals surface area contributed by atoms with Crippen molar-refractivity contribution in [1.29, 1.82) is 5.26 Å². The fraction of sp³-hybridized carbons (Fsp3) is 0.167. The Morgan fingerprint density at radius 2 is 2.08 bits per heavy atom. The maximum atomic E-state index is 10.9. The fourth-order valence-corrected chi connectivity index (χ4v) is 2.58. The van der Waals surface area contributed by atoms with Crippen molar-refractivity contribution in [2.75, 3.05) is 0 Å². The van der Waals surface area contributed by atoms with Gasteiger partial charge in [0.05, 0.1) is 27.1 Å². The van der Waals surface area contributed by atoms with E-state index in [1.165, 1.54) is 12.1 Å². The van der Waals surface area contributed by atoms with Gasteiger partial charge in [-0.25, -0.2) is 0 Å². The first-order chi connectivity index (χ1) is 11.4. The van der Waals surface area contributed by atoms with Gasteiger partial charge in [-0.15, -0.1) is 0 Å². The van der Waals surface area contributed by atoms with Crippen molar-refractivity contribution >= 4 is 33.3 Å². The summed E-state index contributed by atoms with van der Waals surface area (Å²) in [6, 6.07) is 13.6. The molecular formula is C18H15BrN2O3. The maximum absolute atomic E-state index is 10.9. The van der Waals surface area contributed by atoms with Crippen LogP contribution in [0.5, 0.6) is 5.75 Å². The molecule has 0 heterocycles. The molecule has 0 saturated heterocycles. The van der Waals surface area contributed by atoms with E-state index in [1.807, 2.05) is 32.0 Å². The Bertz CT molecular complexity index is 838. The number of allylic oxidation sites excluding steroid dienone is 1. The van der Waals surface area contributed by atoms with Crippen molar-refractivity contribution in [3.8, 4) is 11.8 Å². The Labute approximate surface area is 148 Å². The molecular weight excluding hydrogens is 372 g/mol. The first-order valence-electron chi connectivity index (χ1n) is 7.23. The van der Waals surface area contributed by atoms with Gasteiger partial charge in [-0.05, 0) is 59.1 Å². The molecule has 2 aromatic carbocycles. The molecule has 6 heteroatoms. The number of non-ortho nitro benzene ring substituents is 1. The minimum Gasteiger partial charge on any atom is -0.490 e. The van der Waals surface area contributed by atoms with Gasteiger partial charge in [-0.2, -0.15) is 5.26 Å². The Balaban J connectivity index is 2.37. The molecule has 0 radical (unpaired) electrons. The first kappa shape index (κ1) is 17.7. The number of hydrogen-bond acceptors (Lipinski definition) is 4. The Hall–Kier alpha value is -2.65. The standard InChI is InChI=1S/C18H15BrN2O3/c1-12(2)24-18-7-6-13(9-17(18)19)8-15(11-20)14-4-3-5-16(10-14)21(22)23/h3-10,12H,1-2H3/b15-8-. The molecule has 0 aliphatic carbocycles. The van der Waals surface area contributed by atoms with Crippen molar-refractivity contribution in [2.24, 2.45) is 0 Å². The van der Waals surface area contributed by atoms with E-state index in [1.54, 1.807) is 18.2 Å². The zero-order valence-electron chi connectivity index (χ0n) is 13.2. The molecule has 0 aromatic heterocycles. The van der Waals surface area contributed by atoms with Crippen LogP contribution in [0, 0.1) is 21.4 Å². The molecule has 0 spiro atoms. The number of ether oxygens (including phenoxy) is 1. The van der Waals surface area contributed by atoms with Gasteiger partial charge in [0.15, 0.2) is 0 Å². The van der Waals surface area contributed by atoms with Crippen molar-refractivity contribution in [3.05, 3.63) is 68.2 Å². The van der Waals surface area contributed by atoms with Gasteiger partial charge >= 0.3 is 0 Å². The summed E-state index contributed by atoms with van der Waals surface area (Å²) >= 11 is 3.45. The lowest BCUT2D eigenvalue weighted by atomic mass is 10.0. The molecule has 0 fully saturated rings. The van der Waals surface area contributed by atoms with Crippen LogP contribution in [0.4, 0.5) is 5.69 Å². The summed E-state index contributed by atoms with van der Waals surface area (Å²) in [4.78, 5) is 10.4. The quantitative estimate of drug-likeness (QED) is 0.306. The molecule has 122 valence electrons. The highest BCUT2D eigenvalue weighted by atomic mass is 79.9. The highest BCUT2D eigenvalue weighted by Crippen LogP contribution is 2.29. The summed E-state index contributed by atoms with van der Waals surface area (Å²) < 4.78 is 6.43. The van der Waals surface area contributed by atoms with Crippen molar-refractivity contribution in [1.82, 2.24) is 0 Å². The molecule has 0 bridgehead atoms. The average Bonchev–Trinajstić information content (AvgIpc) is 2.54. The van der Waals surface area contributed by atoms with Crippen LogP contribution in [0.25, 0.3) is 11.6 Å². The molecule has 24 heavy (non-hydrogen) atoms. The Morgan fingerprint density at radius 1 is 1.33 bits per heavy atom. The molecule has 2 rings (SSSR count). The summed E-state index contributed by atoms with van der Waals surface area (Å²) in [5.41, 5.74) is 1.60. The van der Waals surface area contributed by atoms with Crippen LogP contribution in [-0.2, 0) is 0 Å². The van der Waals surface area contributed by atoms with Crippen molar-refractivity contribution in [3.63, 3.8) is 0 Å².